The van der Waals surface area contributed by atoms with Gasteiger partial charge in [0.1, 0.15) is 5.58 Å². The summed E-state index contributed by atoms with van der Waals surface area (Å²) in [5.41, 5.74) is 2.38. The molecule has 0 fully saturated rings. The first kappa shape index (κ1) is 16.9. The molecule has 0 aliphatic carbocycles. The topological polar surface area (TPSA) is 86.5 Å². The average Bonchev–Trinajstić information content (AvgIpc) is 3.11. The molecule has 2 heterocycles. The van der Waals surface area contributed by atoms with Crippen molar-refractivity contribution in [3.63, 3.8) is 0 Å². The molecule has 0 atom stereocenters. The molecule has 3 aromatic rings. The summed E-state index contributed by atoms with van der Waals surface area (Å²) in [7, 11) is 0. The van der Waals surface area contributed by atoms with Crippen LogP contribution in [0, 0.1) is 10.1 Å². The Labute approximate surface area is 164 Å². The lowest BCUT2D eigenvalue weighted by Gasteiger charge is -2.10. The number of nitrogens with zero attached hydrogens (tertiary/aromatic N) is 1. The molecule has 0 bridgehead atoms. The third kappa shape index (κ3) is 2.70. The molecule has 0 saturated heterocycles. The lowest BCUT2D eigenvalue weighted by atomic mass is 9.95. The van der Waals surface area contributed by atoms with Crippen LogP contribution in [0.5, 0.6) is 0 Å². The Hall–Kier alpha value is -4.19. The lowest BCUT2D eigenvalue weighted by molar-refractivity contribution is -0.384. The molecule has 0 amide bonds. The number of para-hydroxylation sites is 1. The minimum Gasteiger partial charge on any atom is -0.452 e. The van der Waals surface area contributed by atoms with Crippen molar-refractivity contribution in [2.45, 2.75) is 0 Å². The molecule has 0 N–H and O–H groups in total. The largest absolute Gasteiger partial charge is 0.452 e. The van der Waals surface area contributed by atoms with Crippen LogP contribution in [0.3, 0.4) is 0 Å². The molecule has 2 aliphatic heterocycles. The Morgan fingerprint density at radius 3 is 2.10 bits per heavy atom. The predicted molar refractivity (Wildman–Crippen MR) is 109 cm³/mol. The van der Waals surface area contributed by atoms with E-state index >= 15 is 0 Å². The minimum atomic E-state index is -0.516. The van der Waals surface area contributed by atoms with Gasteiger partial charge in [0.15, 0.2) is 11.5 Å². The molecule has 6 heteroatoms. The van der Waals surface area contributed by atoms with E-state index < -0.39 is 10.5 Å². The number of hydrogen-bond donors (Lipinski definition) is 0. The summed E-state index contributed by atoms with van der Waals surface area (Å²) in [6, 6.07) is 22.7. The number of non-ortho nitro benzene ring substituents is 1. The molecule has 0 saturated carbocycles. The molecule has 0 aromatic heterocycles. The summed E-state index contributed by atoms with van der Waals surface area (Å²) < 4.78 is 11.7. The van der Waals surface area contributed by atoms with Crippen molar-refractivity contribution in [3.05, 3.63) is 99.4 Å². The van der Waals surface area contributed by atoms with E-state index in [1.807, 2.05) is 54.6 Å². The van der Waals surface area contributed by atoms with E-state index in [0.717, 1.165) is 10.9 Å². The Morgan fingerprint density at radius 1 is 0.690 bits per heavy atom. The van der Waals surface area contributed by atoms with Crippen LogP contribution in [0.2, 0.25) is 0 Å². The van der Waals surface area contributed by atoms with Crippen molar-refractivity contribution in [3.8, 4) is 33.8 Å². The summed E-state index contributed by atoms with van der Waals surface area (Å²) in [6.45, 7) is 0. The van der Waals surface area contributed by atoms with Gasteiger partial charge in [-0.25, -0.2) is 4.79 Å². The van der Waals surface area contributed by atoms with Gasteiger partial charge in [0.25, 0.3) is 5.69 Å². The molecule has 140 valence electrons. The Bertz CT molecular complexity index is 1380. The first-order chi connectivity index (χ1) is 14.1. The maximum Gasteiger partial charge on any atom is 0.345 e. The van der Waals surface area contributed by atoms with Gasteiger partial charge in [-0.2, -0.15) is 0 Å². The van der Waals surface area contributed by atoms with E-state index in [1.165, 1.54) is 12.1 Å². The summed E-state index contributed by atoms with van der Waals surface area (Å²) in [5, 5.41) is 11.7. The Kier molecular flexibility index (Phi) is 3.77. The van der Waals surface area contributed by atoms with Gasteiger partial charge in [-0.15, -0.1) is 0 Å². The average molecular weight is 383 g/mol. The van der Waals surface area contributed by atoms with Gasteiger partial charge in [0.2, 0.25) is 0 Å². The fourth-order valence-electron chi connectivity index (χ4n) is 3.54. The Morgan fingerprint density at radius 2 is 1.38 bits per heavy atom. The summed E-state index contributed by atoms with van der Waals surface area (Å²) in [6.07, 6.45) is 0. The van der Waals surface area contributed by atoms with Crippen molar-refractivity contribution in [2.24, 2.45) is 0 Å². The zero-order chi connectivity index (χ0) is 20.0. The maximum absolute atomic E-state index is 12.8. The fraction of sp³-hybridized carbons (Fsp3) is 0. The first-order valence-electron chi connectivity index (χ1n) is 8.92. The Balaban J connectivity index is 1.84. The molecule has 29 heavy (non-hydrogen) atoms. The van der Waals surface area contributed by atoms with Crippen LogP contribution in [0.1, 0.15) is 0 Å². The minimum absolute atomic E-state index is 0.0427. The van der Waals surface area contributed by atoms with Gasteiger partial charge in [-0.3, -0.25) is 10.1 Å². The van der Waals surface area contributed by atoms with Gasteiger partial charge >= 0.3 is 5.63 Å². The number of benzene rings is 3. The summed E-state index contributed by atoms with van der Waals surface area (Å²) in [4.78, 5) is 23.3. The molecular formula is C23H13NO5. The second kappa shape index (κ2) is 6.45. The van der Waals surface area contributed by atoms with E-state index in [2.05, 4.69) is 0 Å². The molecule has 0 radical (unpaired) electrons. The van der Waals surface area contributed by atoms with Gasteiger partial charge in [-0.1, -0.05) is 48.5 Å². The normalized spacial score (nSPS) is 11.2. The zero-order valence-electron chi connectivity index (χ0n) is 15.0. The smallest absolute Gasteiger partial charge is 0.345 e. The van der Waals surface area contributed by atoms with Crippen LogP contribution in [0.25, 0.3) is 44.7 Å². The van der Waals surface area contributed by atoms with Crippen LogP contribution in [0.4, 0.5) is 5.69 Å². The fourth-order valence-corrected chi connectivity index (χ4v) is 3.54. The standard InChI is InChI=1S/C23H13NO5/c25-23-19(14-10-12-16(13-11-14)24(26)27)20-17-8-4-5-9-18(17)28-21(22(20)29-23)15-6-2-1-3-7-15/h1-13H. The van der Waals surface area contributed by atoms with Gasteiger partial charge < -0.3 is 8.83 Å². The maximum atomic E-state index is 12.8. The molecule has 2 aliphatic rings. The highest BCUT2D eigenvalue weighted by atomic mass is 16.6. The molecule has 5 rings (SSSR count). The molecule has 3 aromatic carbocycles. The van der Waals surface area contributed by atoms with Crippen LogP contribution in [-0.2, 0) is 0 Å². The number of fused-ring (bicyclic) bond motifs is 3. The molecule has 0 spiro atoms. The van der Waals surface area contributed by atoms with E-state index in [1.54, 1.807) is 12.1 Å². The summed E-state index contributed by atoms with van der Waals surface area (Å²) in [5.74, 6) is 0.817. The predicted octanol–water partition coefficient (Wildman–Crippen LogP) is 5.73. The van der Waals surface area contributed by atoms with E-state index in [0.29, 0.717) is 33.8 Å². The monoisotopic (exact) mass is 383 g/mol. The number of nitro benzene ring substituents is 1. The van der Waals surface area contributed by atoms with Gasteiger partial charge in [-0.05, 0) is 23.8 Å². The second-order valence-corrected chi connectivity index (χ2v) is 6.57. The highest BCUT2D eigenvalue weighted by molar-refractivity contribution is 6.03. The van der Waals surface area contributed by atoms with Crippen LogP contribution < -0.4 is 5.63 Å². The van der Waals surface area contributed by atoms with Crippen LogP contribution in [0.15, 0.2) is 92.5 Å². The third-order valence-corrected chi connectivity index (χ3v) is 4.85. The van der Waals surface area contributed by atoms with Crippen molar-refractivity contribution < 1.29 is 13.8 Å². The van der Waals surface area contributed by atoms with Crippen molar-refractivity contribution in [1.29, 1.82) is 0 Å². The van der Waals surface area contributed by atoms with E-state index in [-0.39, 0.29) is 5.69 Å². The third-order valence-electron chi connectivity index (χ3n) is 4.85. The quantitative estimate of drug-likeness (QED) is 0.293. The molecule has 0 unspecified atom stereocenters. The summed E-state index contributed by atoms with van der Waals surface area (Å²) >= 11 is 0. The zero-order valence-corrected chi connectivity index (χ0v) is 15.0. The van der Waals surface area contributed by atoms with Crippen molar-refractivity contribution >= 4 is 16.7 Å². The second-order valence-electron chi connectivity index (χ2n) is 6.57. The van der Waals surface area contributed by atoms with E-state index in [4.69, 9.17) is 8.83 Å². The molecular weight excluding hydrogens is 370 g/mol. The van der Waals surface area contributed by atoms with Gasteiger partial charge in [0.05, 0.1) is 10.5 Å². The highest BCUT2D eigenvalue weighted by Crippen LogP contribution is 2.44. The van der Waals surface area contributed by atoms with Crippen molar-refractivity contribution in [1.82, 2.24) is 0 Å². The number of hydrogen-bond acceptors (Lipinski definition) is 5. The van der Waals surface area contributed by atoms with Gasteiger partial charge in [0, 0.05) is 28.6 Å². The number of rotatable bonds is 3. The first-order valence-corrected chi connectivity index (χ1v) is 8.92. The SMILES string of the molecule is O=c1oc2c(-c3ccccc3)oc3ccccc3c-2c1-c1ccc([N+](=O)[O-])cc1. The molecule has 6 nitrogen and oxygen atoms in total. The van der Waals surface area contributed by atoms with Crippen molar-refractivity contribution in [2.75, 3.05) is 0 Å². The number of furan rings is 1. The lowest BCUT2D eigenvalue weighted by Crippen LogP contribution is -1.96. The van der Waals surface area contributed by atoms with Crippen LogP contribution in [-0.4, -0.2) is 4.92 Å². The number of nitro groups is 1. The highest BCUT2D eigenvalue weighted by Gasteiger charge is 2.28. The van der Waals surface area contributed by atoms with Crippen LogP contribution >= 0.6 is 0 Å². The van der Waals surface area contributed by atoms with E-state index in [9.17, 15) is 14.9 Å².